The maximum Gasteiger partial charge on any atom is 0.192 e. The molecule has 1 N–H and O–H groups in total. The summed E-state index contributed by atoms with van der Waals surface area (Å²) in [6.45, 7) is 4.73. The van der Waals surface area contributed by atoms with Crippen molar-refractivity contribution >= 4 is 33.0 Å². The second-order valence-corrected chi connectivity index (χ2v) is 12.3. The van der Waals surface area contributed by atoms with Crippen LogP contribution in [0.2, 0.25) is 10.0 Å². The smallest absolute Gasteiger partial charge is 0.192 e. The van der Waals surface area contributed by atoms with Gasteiger partial charge in [-0.05, 0) is 67.4 Å². The number of benzene rings is 3. The first-order valence-corrected chi connectivity index (χ1v) is 14.8. The van der Waals surface area contributed by atoms with Crippen molar-refractivity contribution in [2.75, 3.05) is 6.26 Å². The number of nitrogens with zero attached hydrogens (tertiary/aromatic N) is 3. The van der Waals surface area contributed by atoms with Gasteiger partial charge in [0.1, 0.15) is 17.3 Å². The largest absolute Gasteiger partial charge is 0.440 e. The maximum atomic E-state index is 15.0. The summed E-state index contributed by atoms with van der Waals surface area (Å²) in [5.41, 5.74) is 3.81. The molecule has 40 heavy (non-hydrogen) atoms. The Bertz CT molecular complexity index is 1880. The third-order valence-electron chi connectivity index (χ3n) is 6.42. The summed E-state index contributed by atoms with van der Waals surface area (Å²) in [7, 11) is -3.83. The van der Waals surface area contributed by atoms with Crippen molar-refractivity contribution in [2.45, 2.75) is 32.3 Å². The van der Waals surface area contributed by atoms with Gasteiger partial charge in [-0.25, -0.2) is 22.8 Å². The molecule has 0 aliphatic heterocycles. The van der Waals surface area contributed by atoms with E-state index in [0.717, 1.165) is 23.5 Å². The van der Waals surface area contributed by atoms with E-state index in [-0.39, 0.29) is 10.5 Å². The van der Waals surface area contributed by atoms with Gasteiger partial charge in [-0.2, -0.15) is 0 Å². The van der Waals surface area contributed by atoms with E-state index in [1.165, 1.54) is 12.1 Å². The molecule has 11 heteroatoms. The molecule has 0 aliphatic rings. The summed E-state index contributed by atoms with van der Waals surface area (Å²) in [5, 5.41) is 10.5. The fraction of sp³-hybridized carbons (Fsp3) is 0.172. The van der Waals surface area contributed by atoms with Crippen LogP contribution in [0.3, 0.4) is 0 Å². The molecule has 0 amide bonds. The van der Waals surface area contributed by atoms with Crippen molar-refractivity contribution in [3.05, 3.63) is 93.6 Å². The molecule has 0 fully saturated rings. The van der Waals surface area contributed by atoms with Crippen molar-refractivity contribution < 1.29 is 22.3 Å². The molecule has 0 bridgehead atoms. The summed E-state index contributed by atoms with van der Waals surface area (Å²) in [6.07, 6.45) is 2.86. The van der Waals surface area contributed by atoms with Crippen molar-refractivity contribution in [1.82, 2.24) is 14.5 Å². The fourth-order valence-electron chi connectivity index (χ4n) is 4.73. The maximum absolute atomic E-state index is 15.0. The standard InChI is InChI=1S/C29H24Cl2FN3O4S/c1-15-13-35(16(2)33-15)26-6-5-18(19-10-25(32)24(14-36)27(11-19)40(4,37)38)9-23(26)28-29(39-17(3)34-28)20-7-21(30)12-22(31)8-20/h5-13,36H,14H2,1-4H3. The number of aromatic nitrogens is 3. The van der Waals surface area contributed by atoms with Crippen LogP contribution in [0.4, 0.5) is 4.39 Å². The summed E-state index contributed by atoms with van der Waals surface area (Å²) in [4.78, 5) is 8.94. The zero-order valence-corrected chi connectivity index (χ0v) is 24.3. The Kier molecular flexibility index (Phi) is 7.35. The monoisotopic (exact) mass is 599 g/mol. The molecule has 206 valence electrons. The molecule has 5 aromatic rings. The second kappa shape index (κ2) is 10.5. The Morgan fingerprint density at radius 3 is 2.25 bits per heavy atom. The first-order chi connectivity index (χ1) is 18.8. The van der Waals surface area contributed by atoms with Crippen molar-refractivity contribution in [1.29, 1.82) is 0 Å². The van der Waals surface area contributed by atoms with E-state index in [0.29, 0.717) is 49.6 Å². The Morgan fingerprint density at radius 2 is 1.65 bits per heavy atom. The van der Waals surface area contributed by atoms with Crippen LogP contribution in [0.5, 0.6) is 0 Å². The number of halogens is 3. The van der Waals surface area contributed by atoms with Crippen LogP contribution in [0, 0.1) is 26.6 Å². The van der Waals surface area contributed by atoms with E-state index in [2.05, 4.69) is 9.97 Å². The number of sulfone groups is 1. The zero-order chi connectivity index (χ0) is 28.9. The summed E-state index contributed by atoms with van der Waals surface area (Å²) in [5.74, 6) is 0.734. The highest BCUT2D eigenvalue weighted by molar-refractivity contribution is 7.90. The van der Waals surface area contributed by atoms with Crippen LogP contribution in [-0.4, -0.2) is 34.3 Å². The molecule has 5 rings (SSSR count). The van der Waals surface area contributed by atoms with Crippen molar-refractivity contribution in [3.63, 3.8) is 0 Å². The molecule has 0 spiro atoms. The average molecular weight is 600 g/mol. The number of aliphatic hydroxyl groups excluding tert-OH is 1. The van der Waals surface area contributed by atoms with Crippen LogP contribution < -0.4 is 0 Å². The molecule has 0 saturated heterocycles. The minimum absolute atomic E-state index is 0.275. The number of hydrogen-bond acceptors (Lipinski definition) is 6. The van der Waals surface area contributed by atoms with Crippen LogP contribution >= 0.6 is 23.2 Å². The quantitative estimate of drug-likeness (QED) is 0.223. The summed E-state index contributed by atoms with van der Waals surface area (Å²) < 4.78 is 47.8. The van der Waals surface area contributed by atoms with Crippen LogP contribution in [0.15, 0.2) is 64.0 Å². The first-order valence-electron chi connectivity index (χ1n) is 12.1. The lowest BCUT2D eigenvalue weighted by Gasteiger charge is -2.15. The Balaban J connectivity index is 1.81. The highest BCUT2D eigenvalue weighted by Crippen LogP contribution is 2.40. The van der Waals surface area contributed by atoms with E-state index in [9.17, 15) is 13.5 Å². The predicted octanol–water partition coefficient (Wildman–Crippen LogP) is 7.13. The molecule has 2 heterocycles. The van der Waals surface area contributed by atoms with Gasteiger partial charge in [0.15, 0.2) is 21.5 Å². The van der Waals surface area contributed by atoms with Crippen molar-refractivity contribution in [2.24, 2.45) is 0 Å². The molecular weight excluding hydrogens is 576 g/mol. The molecule has 0 radical (unpaired) electrons. The minimum atomic E-state index is -3.83. The second-order valence-electron chi connectivity index (χ2n) is 9.47. The number of oxazole rings is 1. The van der Waals surface area contributed by atoms with Crippen molar-refractivity contribution in [3.8, 4) is 39.4 Å². The number of aliphatic hydroxyl groups is 1. The van der Waals surface area contributed by atoms with E-state index < -0.39 is 22.3 Å². The average Bonchev–Trinajstić information content (AvgIpc) is 3.42. The Morgan fingerprint density at radius 1 is 0.950 bits per heavy atom. The Labute approximate surface area is 240 Å². The van der Waals surface area contributed by atoms with Gasteiger partial charge in [0, 0.05) is 46.1 Å². The molecule has 2 aromatic heterocycles. The fourth-order valence-corrected chi connectivity index (χ4v) is 6.21. The normalized spacial score (nSPS) is 11.8. The van der Waals surface area contributed by atoms with E-state index in [1.807, 2.05) is 30.7 Å². The molecule has 0 aliphatic carbocycles. The van der Waals surface area contributed by atoms with Gasteiger partial charge in [-0.1, -0.05) is 29.3 Å². The molecule has 7 nitrogen and oxygen atoms in total. The van der Waals surface area contributed by atoms with E-state index in [1.54, 1.807) is 37.3 Å². The zero-order valence-electron chi connectivity index (χ0n) is 22.0. The number of hydrogen-bond donors (Lipinski definition) is 1. The SMILES string of the molecule is Cc1cn(-c2ccc(-c3cc(F)c(CO)c(S(C)(=O)=O)c3)cc2-c2nc(C)oc2-c2cc(Cl)cc(Cl)c2)c(C)n1. The lowest BCUT2D eigenvalue weighted by atomic mass is 9.97. The van der Waals surface area contributed by atoms with Gasteiger partial charge in [-0.15, -0.1) is 0 Å². The lowest BCUT2D eigenvalue weighted by molar-refractivity contribution is 0.272. The van der Waals surface area contributed by atoms with Gasteiger partial charge < -0.3 is 14.1 Å². The van der Waals surface area contributed by atoms with Gasteiger partial charge in [0.05, 0.1) is 22.9 Å². The molecule has 0 saturated carbocycles. The van der Waals surface area contributed by atoms with Gasteiger partial charge in [0.2, 0.25) is 0 Å². The lowest BCUT2D eigenvalue weighted by Crippen LogP contribution is -2.06. The van der Waals surface area contributed by atoms with Crippen LogP contribution in [-0.2, 0) is 16.4 Å². The third kappa shape index (κ3) is 5.30. The minimum Gasteiger partial charge on any atom is -0.440 e. The number of imidazole rings is 1. The first kappa shape index (κ1) is 28.0. The Hall–Kier alpha value is -3.50. The third-order valence-corrected chi connectivity index (χ3v) is 8.02. The van der Waals surface area contributed by atoms with Crippen LogP contribution in [0.25, 0.3) is 39.4 Å². The van der Waals surface area contributed by atoms with Gasteiger partial charge in [-0.3, -0.25) is 0 Å². The summed E-state index contributed by atoms with van der Waals surface area (Å²) in [6, 6.07) is 13.0. The predicted molar refractivity (Wildman–Crippen MR) is 153 cm³/mol. The summed E-state index contributed by atoms with van der Waals surface area (Å²) >= 11 is 12.6. The molecule has 3 aromatic carbocycles. The van der Waals surface area contributed by atoms with E-state index in [4.69, 9.17) is 27.6 Å². The number of rotatable bonds is 6. The highest BCUT2D eigenvalue weighted by Gasteiger charge is 2.23. The van der Waals surface area contributed by atoms with E-state index >= 15 is 4.39 Å². The number of aryl methyl sites for hydroxylation is 3. The molecular formula is C29H24Cl2FN3O4S. The van der Waals surface area contributed by atoms with Crippen LogP contribution in [0.1, 0.15) is 23.0 Å². The van der Waals surface area contributed by atoms with Gasteiger partial charge in [0.25, 0.3) is 0 Å². The molecule has 0 atom stereocenters. The highest BCUT2D eigenvalue weighted by atomic mass is 35.5. The topological polar surface area (TPSA) is 98.2 Å². The van der Waals surface area contributed by atoms with Gasteiger partial charge >= 0.3 is 0 Å². The molecule has 0 unspecified atom stereocenters.